The number of hydrogen-bond acceptors (Lipinski definition) is 8. The molecule has 0 atom stereocenters. The molecule has 0 bridgehead atoms. The second kappa shape index (κ2) is 45.3. The van der Waals surface area contributed by atoms with Crippen molar-refractivity contribution in [2.75, 3.05) is 45.8 Å². The Morgan fingerprint density at radius 3 is 0.933 bits per heavy atom. The number of carbonyl (C=O) groups is 5. The summed E-state index contributed by atoms with van der Waals surface area (Å²) < 4.78 is 72.8. The molecule has 0 saturated heterocycles. The molecule has 26 heteroatoms. The van der Waals surface area contributed by atoms with Gasteiger partial charge in [-0.1, -0.05) is 36.8 Å². The van der Waals surface area contributed by atoms with Crippen LogP contribution >= 0.6 is 38.4 Å². The molecule has 0 radical (unpaired) electrons. The summed E-state index contributed by atoms with van der Waals surface area (Å²) in [6.07, 6.45) is -9.72. The van der Waals surface area contributed by atoms with Crippen molar-refractivity contribution in [3.63, 3.8) is 0 Å². The second-order valence-corrected chi connectivity index (χ2v) is 20.6. The minimum Gasteiger partial charge on any atom is -0.870 e. The number of nitrogens with two attached hydrogens (primary N) is 2. The van der Waals surface area contributed by atoms with E-state index in [9.17, 15) is 50.3 Å². The zero-order valence-electron chi connectivity index (χ0n) is 52.7. The Morgan fingerprint density at radius 2 is 0.689 bits per heavy atom. The number of aryl methyl sites for hydroxylation is 12. The minimum atomic E-state index is -4.87. The van der Waals surface area contributed by atoms with Crippen LogP contribution in [0.4, 0.5) is 70.1 Å². The summed E-state index contributed by atoms with van der Waals surface area (Å²) in [5.41, 5.74) is 30.4. The third kappa shape index (κ3) is 35.0. The van der Waals surface area contributed by atoms with Gasteiger partial charge in [-0.3, -0.25) is 9.59 Å². The summed E-state index contributed by atoms with van der Waals surface area (Å²) >= 11 is 6.94. The van der Waals surface area contributed by atoms with Gasteiger partial charge in [0.15, 0.2) is 0 Å². The predicted molar refractivity (Wildman–Crippen MR) is 356 cm³/mol. The fraction of sp³-hybridized carbons (Fsp3) is 0.359. The first-order chi connectivity index (χ1) is 39.2. The fourth-order valence-electron chi connectivity index (χ4n) is 7.76. The van der Waals surface area contributed by atoms with Crippen LogP contribution in [0, 0.1) is 104 Å². The molecular weight excluding hydrogens is 1340 g/mol. The molecule has 0 unspecified atom stereocenters. The van der Waals surface area contributed by atoms with E-state index in [1.165, 1.54) is 68.8 Å². The number of carbonyl (C=O) groups excluding carboxylic acids is 4. The number of nitrogen functional groups attached to an aromatic ring is 2. The predicted octanol–water partition coefficient (Wildman–Crippen LogP) is 14.9. The molecule has 0 aliphatic heterocycles. The summed E-state index contributed by atoms with van der Waals surface area (Å²) in [4.78, 5) is 55.0. The molecule has 0 aromatic heterocycles. The molecule has 0 spiro atoms. The zero-order chi connectivity index (χ0) is 66.0. The first kappa shape index (κ1) is 95.1. The van der Waals surface area contributed by atoms with Gasteiger partial charge < -0.3 is 54.0 Å². The van der Waals surface area contributed by atoms with E-state index in [2.05, 4.69) is 96.2 Å². The Balaban J connectivity index is -0.000000234. The van der Waals surface area contributed by atoms with Gasteiger partial charge in [0.1, 0.15) is 0 Å². The van der Waals surface area contributed by atoms with Crippen LogP contribution in [0.5, 0.6) is 0 Å². The molecule has 0 saturated carbocycles. The maximum atomic E-state index is 12.0. The van der Waals surface area contributed by atoms with Crippen LogP contribution < -0.4 is 72.9 Å². The van der Waals surface area contributed by atoms with Crippen molar-refractivity contribution in [1.29, 1.82) is 0 Å². The van der Waals surface area contributed by atoms with Gasteiger partial charge in [-0.15, -0.1) is 12.4 Å². The van der Waals surface area contributed by atoms with Gasteiger partial charge in [0.2, 0.25) is 0 Å². The normalized spacial score (nSPS) is 9.68. The van der Waals surface area contributed by atoms with Gasteiger partial charge in [-0.05, 0) is 274 Å². The molecule has 0 aliphatic rings. The van der Waals surface area contributed by atoms with Crippen molar-refractivity contribution >= 4 is 102 Å². The van der Waals surface area contributed by atoms with Gasteiger partial charge in [0.25, 0.3) is 0 Å². The average Bonchev–Trinajstić information content (AvgIpc) is 2.98. The van der Waals surface area contributed by atoms with Crippen LogP contribution in [0.1, 0.15) is 123 Å². The van der Waals surface area contributed by atoms with Crippen molar-refractivity contribution in [2.24, 2.45) is 0 Å². The van der Waals surface area contributed by atoms with Crippen LogP contribution in [0.2, 0.25) is 0 Å². The first-order valence-corrected chi connectivity index (χ1v) is 28.2. The Labute approximate surface area is 577 Å². The standard InChI is InChI=1S/C12H16N2O3.C12H18N2O.C11H12F3NO.C10H9BrF3NO.C9H13N.C8H11N.2CH4.2ClH.Cu.Na.H2O/c1-4-13-12(17)14-9-5-7(2)10(11(15)16)8(3)6-9;1-5-13-12(15)14-11-6-8(2)10(4)9(3)7-11;1-6-4-9(5-7(2)8(6)3)15-10(16)11(12,13)14;1-5-3-7(4-6(2)8(5)11)15-9(16)10(12,13)14;1-6-4-9(10)5-7(2)8(6)3;1-6-3-7(2)5-8(9)4-6;;;;;;;/h5-6H,4H2,1-3H3,(H,15,16)(H2,13,14,17);6-7H,5H2,1-4H3,(H2,13,14,15);4-5H,1-3H3,(H,15,16);3-4H,1-2H3,(H,15,16);4-5H,10H2,1-3H3;3-5H,9H2,1-2H3;2*1H4;2*1H;;;1H2/q;;;;;;;;;;2*+1;/p-2. The van der Waals surface area contributed by atoms with Gasteiger partial charge >= 0.3 is 97.0 Å². The number of rotatable bonds is 7. The molecule has 0 aliphatic carbocycles. The van der Waals surface area contributed by atoms with Crippen LogP contribution in [0.25, 0.3) is 0 Å². The molecule has 12 N–H and O–H groups in total. The number of amides is 6. The van der Waals surface area contributed by atoms with E-state index in [1.54, 1.807) is 59.0 Å². The van der Waals surface area contributed by atoms with Crippen LogP contribution in [-0.4, -0.2) is 65.9 Å². The topological polar surface area (TPSA) is 260 Å². The number of halogens is 9. The summed E-state index contributed by atoms with van der Waals surface area (Å²) in [6, 6.07) is 22.8. The van der Waals surface area contributed by atoms with Crippen LogP contribution in [-0.2, 0) is 24.7 Å². The zero-order valence-corrected chi connectivity index (χ0v) is 58.8. The van der Waals surface area contributed by atoms with Crippen molar-refractivity contribution < 1.29 is 106 Å². The molecule has 0 fully saturated rings. The molecule has 6 aromatic rings. The number of alkyl halides is 6. The van der Waals surface area contributed by atoms with Crippen LogP contribution in [0.15, 0.2) is 83.3 Å². The Hall–Kier alpha value is -6.01. The smallest absolute Gasteiger partial charge is 0.870 e. The van der Waals surface area contributed by atoms with Crippen molar-refractivity contribution in [2.45, 2.75) is 145 Å². The third-order valence-corrected chi connectivity index (χ3v) is 13.7. The summed E-state index contributed by atoms with van der Waals surface area (Å²) in [5.74, 6) is -4.87. The monoisotopic (exact) mass is 1430 g/mol. The number of aromatic carboxylic acids is 1. The van der Waals surface area contributed by atoms with Gasteiger partial charge in [0.05, 0.1) is 5.56 Å². The molecule has 15 nitrogen and oxygen atoms in total. The van der Waals surface area contributed by atoms with Gasteiger partial charge in [0, 0.05) is 51.7 Å². The summed E-state index contributed by atoms with van der Waals surface area (Å²) in [7, 11) is 4.20. The number of carboxylic acids is 1. The van der Waals surface area contributed by atoms with Gasteiger partial charge in [-0.2, -0.15) is 26.3 Å². The fourth-order valence-corrected chi connectivity index (χ4v) is 7.99. The quantitative estimate of drug-likeness (QED) is 0.0418. The minimum absolute atomic E-state index is 0. The van der Waals surface area contributed by atoms with E-state index in [-0.39, 0.29) is 91.3 Å². The summed E-state index contributed by atoms with van der Waals surface area (Å²) in [5, 5.41) is 23.4. The number of benzene rings is 6. The maximum absolute atomic E-state index is 12.0. The molecule has 6 rings (SSSR count). The first-order valence-electron chi connectivity index (χ1n) is 26.1. The molecule has 502 valence electrons. The molecule has 6 amide bonds. The molecular formula is C64H89BrCl2CuF6N8NaO7. The Kier molecular flexibility index (Phi) is 47.9. The summed E-state index contributed by atoms with van der Waals surface area (Å²) in [6.45, 7) is 33.8. The van der Waals surface area contributed by atoms with E-state index in [4.69, 9.17) is 16.6 Å². The van der Waals surface area contributed by atoms with Crippen molar-refractivity contribution in [1.82, 2.24) is 10.6 Å². The SMILES string of the molecule is C.C.CCNC(=O)Nc1cc(C)c(C(=O)O)c(C)c1.CCNC(=O)Nc1cc(C)c(C)c(C)c1.Cc1cc(C)cc(N)c1.Cc1cc(N)cc(C)c1C.Cc1cc(NC(=O)C(F)(F)F)cc(C)c1Br.Cc1cc(NC(=O)C(F)(F)F)cc(C)c1C.Cl.[Cl][Cu].[Na+].[OH-]. The van der Waals surface area contributed by atoms with E-state index in [1.807, 2.05) is 90.2 Å². The van der Waals surface area contributed by atoms with E-state index >= 15 is 0 Å². The Morgan fingerprint density at radius 1 is 0.456 bits per heavy atom. The van der Waals surface area contributed by atoms with Gasteiger partial charge in [-0.25, -0.2) is 14.4 Å². The average molecular weight is 1430 g/mol. The number of urea groups is 2. The molecule has 90 heavy (non-hydrogen) atoms. The maximum Gasteiger partial charge on any atom is 1.00 e. The number of hydrogen-bond donors (Lipinski definition) is 9. The Bertz CT molecular complexity index is 3040. The van der Waals surface area contributed by atoms with Crippen LogP contribution in [0.3, 0.4) is 0 Å². The second-order valence-electron chi connectivity index (χ2n) is 19.8. The number of nitrogens with one attached hydrogen (secondary N) is 6. The largest absolute Gasteiger partial charge is 1.00 e. The molecule has 0 heterocycles. The van der Waals surface area contributed by atoms with E-state index in [0.717, 1.165) is 49.4 Å². The number of carboxylic acid groups (broad SMARTS) is 1. The van der Waals surface area contributed by atoms with Crippen molar-refractivity contribution in [3.8, 4) is 0 Å². The van der Waals surface area contributed by atoms with E-state index < -0.39 is 30.1 Å². The van der Waals surface area contributed by atoms with E-state index in [0.29, 0.717) is 29.9 Å². The third-order valence-electron chi connectivity index (χ3n) is 12.5. The molecule has 6 aromatic carbocycles. The number of anilines is 6. The van der Waals surface area contributed by atoms with Crippen molar-refractivity contribution in [3.05, 3.63) is 172 Å².